The van der Waals surface area contributed by atoms with E-state index in [2.05, 4.69) is 39.1 Å². The van der Waals surface area contributed by atoms with Crippen LogP contribution in [0, 0.1) is 6.92 Å². The highest BCUT2D eigenvalue weighted by atomic mass is 79.9. The van der Waals surface area contributed by atoms with E-state index in [0.29, 0.717) is 6.54 Å². The first-order valence-corrected chi connectivity index (χ1v) is 5.64. The van der Waals surface area contributed by atoms with E-state index in [0.717, 1.165) is 15.9 Å². The van der Waals surface area contributed by atoms with Gasteiger partial charge in [-0.15, -0.1) is 0 Å². The third-order valence-corrected chi connectivity index (χ3v) is 2.97. The molecule has 3 N–H and O–H groups in total. The topological polar surface area (TPSA) is 41.8 Å². The zero-order valence-corrected chi connectivity index (χ0v) is 10.1. The van der Waals surface area contributed by atoms with Crippen molar-refractivity contribution in [1.29, 1.82) is 0 Å². The summed E-state index contributed by atoms with van der Waals surface area (Å²) in [5.41, 5.74) is 10.3. The first-order valence-electron chi connectivity index (χ1n) is 4.85. The molecule has 0 spiro atoms. The van der Waals surface area contributed by atoms with Gasteiger partial charge in [0.05, 0.1) is 0 Å². The van der Waals surface area contributed by atoms with Gasteiger partial charge in [-0.3, -0.25) is 0 Å². The number of nitrogens with one attached hydrogen (secondary N) is 1. The van der Waals surface area contributed by atoms with Crippen molar-refractivity contribution in [2.45, 2.75) is 13.5 Å². The van der Waals surface area contributed by atoms with Gasteiger partial charge in [0.2, 0.25) is 0 Å². The molecule has 1 heterocycles. The SMILES string of the molecule is Cc1[nH]c(-c2cccc(Br)c2)cc1CN. The molecule has 0 aliphatic carbocycles. The predicted molar refractivity (Wildman–Crippen MR) is 66.6 cm³/mol. The maximum atomic E-state index is 5.64. The van der Waals surface area contributed by atoms with Crippen molar-refractivity contribution in [2.75, 3.05) is 0 Å². The van der Waals surface area contributed by atoms with Crippen molar-refractivity contribution in [2.24, 2.45) is 5.73 Å². The van der Waals surface area contributed by atoms with Crippen LogP contribution in [0.3, 0.4) is 0 Å². The second kappa shape index (κ2) is 4.21. The van der Waals surface area contributed by atoms with Crippen molar-refractivity contribution in [1.82, 2.24) is 4.98 Å². The van der Waals surface area contributed by atoms with Crippen molar-refractivity contribution >= 4 is 15.9 Å². The summed E-state index contributed by atoms with van der Waals surface area (Å²) in [6, 6.07) is 10.3. The lowest BCUT2D eigenvalue weighted by Crippen LogP contribution is -1.95. The molecule has 1 aromatic carbocycles. The lowest BCUT2D eigenvalue weighted by atomic mass is 10.1. The minimum atomic E-state index is 0.580. The van der Waals surface area contributed by atoms with Gasteiger partial charge in [0.1, 0.15) is 0 Å². The summed E-state index contributed by atoms with van der Waals surface area (Å²) in [6.45, 7) is 2.63. The Hall–Kier alpha value is -1.06. The summed E-state index contributed by atoms with van der Waals surface area (Å²) < 4.78 is 1.08. The number of nitrogens with two attached hydrogens (primary N) is 1. The van der Waals surface area contributed by atoms with Gasteiger partial charge in [-0.1, -0.05) is 28.1 Å². The van der Waals surface area contributed by atoms with Crippen molar-refractivity contribution in [3.63, 3.8) is 0 Å². The molecular formula is C12H13BrN2. The molecule has 15 heavy (non-hydrogen) atoms. The lowest BCUT2D eigenvalue weighted by molar-refractivity contribution is 1.04. The van der Waals surface area contributed by atoms with Gasteiger partial charge < -0.3 is 10.7 Å². The Morgan fingerprint density at radius 2 is 2.13 bits per heavy atom. The fourth-order valence-electron chi connectivity index (χ4n) is 1.62. The van der Waals surface area contributed by atoms with Crippen LogP contribution < -0.4 is 5.73 Å². The molecule has 0 saturated heterocycles. The molecule has 0 amide bonds. The van der Waals surface area contributed by atoms with Crippen LogP contribution in [0.1, 0.15) is 11.3 Å². The number of benzene rings is 1. The minimum absolute atomic E-state index is 0.580. The Morgan fingerprint density at radius 3 is 2.73 bits per heavy atom. The fraction of sp³-hybridized carbons (Fsp3) is 0.167. The number of aromatic nitrogens is 1. The molecule has 0 aliphatic heterocycles. The van der Waals surface area contributed by atoms with E-state index in [1.165, 1.54) is 11.1 Å². The van der Waals surface area contributed by atoms with Gasteiger partial charge in [0.25, 0.3) is 0 Å². The van der Waals surface area contributed by atoms with Crippen LogP contribution in [-0.4, -0.2) is 4.98 Å². The highest BCUT2D eigenvalue weighted by Crippen LogP contribution is 2.24. The van der Waals surface area contributed by atoms with Crippen LogP contribution >= 0.6 is 15.9 Å². The van der Waals surface area contributed by atoms with Crippen LogP contribution in [0.5, 0.6) is 0 Å². The summed E-state index contributed by atoms with van der Waals surface area (Å²) >= 11 is 3.46. The first-order chi connectivity index (χ1) is 7.20. The second-order valence-corrected chi connectivity index (χ2v) is 4.46. The maximum absolute atomic E-state index is 5.64. The summed E-state index contributed by atoms with van der Waals surface area (Å²) in [7, 11) is 0. The van der Waals surface area contributed by atoms with Gasteiger partial charge in [-0.2, -0.15) is 0 Å². The number of aromatic amines is 1. The fourth-order valence-corrected chi connectivity index (χ4v) is 2.02. The molecule has 2 nitrogen and oxygen atoms in total. The molecule has 2 aromatic rings. The molecule has 1 aromatic heterocycles. The number of hydrogen-bond donors (Lipinski definition) is 2. The Labute approximate surface area is 97.6 Å². The number of hydrogen-bond acceptors (Lipinski definition) is 1. The standard InChI is InChI=1S/C12H13BrN2/c1-8-10(7-14)6-12(15-8)9-3-2-4-11(13)5-9/h2-6,15H,7,14H2,1H3. The average Bonchev–Trinajstić information content (AvgIpc) is 2.60. The molecule has 0 unspecified atom stereocenters. The monoisotopic (exact) mass is 264 g/mol. The number of aryl methyl sites for hydroxylation is 1. The molecule has 2 rings (SSSR count). The van der Waals surface area contributed by atoms with E-state index in [9.17, 15) is 0 Å². The third kappa shape index (κ3) is 2.13. The van der Waals surface area contributed by atoms with E-state index in [1.54, 1.807) is 0 Å². The largest absolute Gasteiger partial charge is 0.358 e. The minimum Gasteiger partial charge on any atom is -0.358 e. The molecule has 0 aliphatic rings. The van der Waals surface area contributed by atoms with Crippen molar-refractivity contribution in [3.05, 3.63) is 46.1 Å². The quantitative estimate of drug-likeness (QED) is 0.860. The Morgan fingerprint density at radius 1 is 1.33 bits per heavy atom. The zero-order valence-electron chi connectivity index (χ0n) is 8.55. The van der Waals surface area contributed by atoms with E-state index in [4.69, 9.17) is 5.73 Å². The van der Waals surface area contributed by atoms with Crippen LogP contribution in [0.25, 0.3) is 11.3 Å². The van der Waals surface area contributed by atoms with E-state index >= 15 is 0 Å². The summed E-state index contributed by atoms with van der Waals surface area (Å²) in [6.07, 6.45) is 0. The average molecular weight is 265 g/mol. The maximum Gasteiger partial charge on any atom is 0.0459 e. The summed E-state index contributed by atoms with van der Waals surface area (Å²) in [5, 5.41) is 0. The molecular weight excluding hydrogens is 252 g/mol. The molecule has 0 fully saturated rings. The second-order valence-electron chi connectivity index (χ2n) is 3.55. The third-order valence-electron chi connectivity index (χ3n) is 2.48. The molecule has 0 radical (unpaired) electrons. The van der Waals surface area contributed by atoms with Gasteiger partial charge in [-0.05, 0) is 36.2 Å². The predicted octanol–water partition coefficient (Wildman–Crippen LogP) is 3.21. The normalized spacial score (nSPS) is 10.6. The van der Waals surface area contributed by atoms with E-state index in [-0.39, 0.29) is 0 Å². The molecule has 0 bridgehead atoms. The first kappa shape index (κ1) is 10.5. The van der Waals surface area contributed by atoms with Gasteiger partial charge in [-0.25, -0.2) is 0 Å². The van der Waals surface area contributed by atoms with Crippen LogP contribution in [-0.2, 0) is 6.54 Å². The molecule has 78 valence electrons. The number of halogens is 1. The lowest BCUT2D eigenvalue weighted by Gasteiger charge is -1.98. The van der Waals surface area contributed by atoms with Crippen molar-refractivity contribution < 1.29 is 0 Å². The Kier molecular flexibility index (Phi) is 2.93. The molecule has 0 saturated carbocycles. The molecule has 3 heteroatoms. The highest BCUT2D eigenvalue weighted by molar-refractivity contribution is 9.10. The van der Waals surface area contributed by atoms with E-state index in [1.807, 2.05) is 19.1 Å². The summed E-state index contributed by atoms with van der Waals surface area (Å²) in [5.74, 6) is 0. The van der Waals surface area contributed by atoms with Crippen molar-refractivity contribution in [3.8, 4) is 11.3 Å². The van der Waals surface area contributed by atoms with Gasteiger partial charge in [0.15, 0.2) is 0 Å². The van der Waals surface area contributed by atoms with Crippen LogP contribution in [0.2, 0.25) is 0 Å². The van der Waals surface area contributed by atoms with Gasteiger partial charge >= 0.3 is 0 Å². The van der Waals surface area contributed by atoms with E-state index < -0.39 is 0 Å². The van der Waals surface area contributed by atoms with Crippen LogP contribution in [0.4, 0.5) is 0 Å². The zero-order chi connectivity index (χ0) is 10.8. The van der Waals surface area contributed by atoms with Crippen LogP contribution in [0.15, 0.2) is 34.8 Å². The smallest absolute Gasteiger partial charge is 0.0459 e. The summed E-state index contributed by atoms with van der Waals surface area (Å²) in [4.78, 5) is 3.34. The Balaban J connectivity index is 2.45. The Bertz CT molecular complexity index is 474. The number of rotatable bonds is 2. The number of H-pyrrole nitrogens is 1. The highest BCUT2D eigenvalue weighted by Gasteiger charge is 2.04. The van der Waals surface area contributed by atoms with Gasteiger partial charge in [0, 0.05) is 22.4 Å². The molecule has 0 atom stereocenters.